The van der Waals surface area contributed by atoms with Crippen LogP contribution in [0.1, 0.15) is 18.9 Å². The molecule has 0 amide bonds. The van der Waals surface area contributed by atoms with Gasteiger partial charge in [-0.15, -0.1) is 0 Å². The van der Waals surface area contributed by atoms with Gasteiger partial charge in [0.25, 0.3) is 5.56 Å². The summed E-state index contributed by atoms with van der Waals surface area (Å²) in [6.07, 6.45) is 3.65. The van der Waals surface area contributed by atoms with Crippen LogP contribution >= 0.6 is 0 Å². The van der Waals surface area contributed by atoms with Gasteiger partial charge in [0, 0.05) is 42.6 Å². The number of likely N-dealkylation sites (N-methyl/N-ethyl adjacent to an activating group) is 1. The fraction of sp³-hybridized carbons (Fsp3) is 0.226. The molecule has 0 aliphatic carbocycles. The normalized spacial score (nSPS) is 11.4. The molecule has 0 atom stereocenters. The van der Waals surface area contributed by atoms with E-state index in [0.717, 1.165) is 65.7 Å². The van der Waals surface area contributed by atoms with Crippen LogP contribution in [0.4, 0.5) is 17.3 Å². The smallest absolute Gasteiger partial charge is 0.278 e. The lowest BCUT2D eigenvalue weighted by Crippen LogP contribution is -2.27. The topological polar surface area (TPSA) is 118 Å². The lowest BCUT2D eigenvalue weighted by molar-refractivity contribution is 0.677. The average molecular weight is 533 g/mol. The van der Waals surface area contributed by atoms with Gasteiger partial charge < -0.3 is 20.5 Å². The van der Waals surface area contributed by atoms with E-state index in [2.05, 4.69) is 92.8 Å². The van der Waals surface area contributed by atoms with Crippen molar-refractivity contribution in [1.29, 1.82) is 0 Å². The van der Waals surface area contributed by atoms with Crippen LogP contribution in [-0.2, 0) is 13.0 Å². The second kappa shape index (κ2) is 11.1. The minimum Gasteiger partial charge on any atom is -0.384 e. The summed E-state index contributed by atoms with van der Waals surface area (Å²) in [6.45, 7) is 5.21. The standard InChI is InChI=1S/C31H32N8O/c1-2-38(18-19-39-20-34-29-28(39)30(40)37-31(32)36-29)22-15-13-21(14-16-22)8-7-17-33-27-23-9-3-5-11-25(23)35-26-12-6-4-10-24(26)27/h3-6,9-16,20H,2,7-8,17-19H2,1H3,(H,33,35)(H3,32,36,37,40). The number of nitrogens with one attached hydrogen (secondary N) is 2. The van der Waals surface area contributed by atoms with E-state index in [0.29, 0.717) is 17.7 Å². The van der Waals surface area contributed by atoms with Gasteiger partial charge >= 0.3 is 0 Å². The first-order chi connectivity index (χ1) is 19.6. The van der Waals surface area contributed by atoms with E-state index in [9.17, 15) is 4.79 Å². The number of rotatable bonds is 10. The molecule has 9 heteroatoms. The van der Waals surface area contributed by atoms with Crippen LogP contribution in [0, 0.1) is 0 Å². The van der Waals surface area contributed by atoms with Gasteiger partial charge in [-0.25, -0.2) is 9.97 Å². The summed E-state index contributed by atoms with van der Waals surface area (Å²) in [7, 11) is 0. The molecule has 0 aliphatic heterocycles. The van der Waals surface area contributed by atoms with E-state index in [1.807, 2.05) is 16.7 Å². The van der Waals surface area contributed by atoms with E-state index in [1.54, 1.807) is 6.33 Å². The summed E-state index contributed by atoms with van der Waals surface area (Å²) in [5.41, 5.74) is 11.8. The molecule has 0 saturated carbocycles. The highest BCUT2D eigenvalue weighted by Gasteiger charge is 2.12. The molecule has 3 aromatic carbocycles. The second-order valence-electron chi connectivity index (χ2n) is 9.86. The van der Waals surface area contributed by atoms with Gasteiger partial charge in [-0.2, -0.15) is 4.98 Å². The first-order valence-corrected chi connectivity index (χ1v) is 13.7. The fourth-order valence-electron chi connectivity index (χ4n) is 5.28. The largest absolute Gasteiger partial charge is 0.384 e. The van der Waals surface area contributed by atoms with Gasteiger partial charge in [0.15, 0.2) is 11.2 Å². The zero-order valence-electron chi connectivity index (χ0n) is 22.5. The number of benzene rings is 3. The molecular weight excluding hydrogens is 500 g/mol. The van der Waals surface area contributed by atoms with Crippen molar-refractivity contribution >= 4 is 50.3 Å². The summed E-state index contributed by atoms with van der Waals surface area (Å²) in [5.74, 6) is 0.0770. The molecule has 202 valence electrons. The van der Waals surface area contributed by atoms with Gasteiger partial charge in [-0.1, -0.05) is 48.5 Å². The number of nitrogens with zero attached hydrogens (tertiary/aromatic N) is 5. The number of aromatic nitrogens is 5. The number of nitrogen functional groups attached to an aromatic ring is 1. The van der Waals surface area contributed by atoms with E-state index in [1.165, 1.54) is 5.56 Å². The van der Waals surface area contributed by atoms with Crippen molar-refractivity contribution in [3.63, 3.8) is 0 Å². The van der Waals surface area contributed by atoms with Crippen LogP contribution in [0.5, 0.6) is 0 Å². The molecular formula is C31H32N8O. The second-order valence-corrected chi connectivity index (χ2v) is 9.86. The van der Waals surface area contributed by atoms with Crippen LogP contribution in [0.25, 0.3) is 33.0 Å². The van der Waals surface area contributed by atoms with E-state index >= 15 is 0 Å². The zero-order valence-corrected chi connectivity index (χ0v) is 22.5. The highest BCUT2D eigenvalue weighted by molar-refractivity contribution is 6.07. The Kier molecular flexibility index (Phi) is 7.01. The lowest BCUT2D eigenvalue weighted by atomic mass is 10.1. The Hall–Kier alpha value is -4.92. The number of hydrogen-bond donors (Lipinski definition) is 3. The van der Waals surface area contributed by atoms with E-state index in [-0.39, 0.29) is 11.5 Å². The zero-order chi connectivity index (χ0) is 27.5. The van der Waals surface area contributed by atoms with E-state index in [4.69, 9.17) is 10.7 Å². The minimum atomic E-state index is -0.271. The Morgan fingerprint density at radius 2 is 1.65 bits per heavy atom. The molecule has 3 aromatic heterocycles. The van der Waals surface area contributed by atoms with Crippen molar-refractivity contribution in [3.05, 3.63) is 95.0 Å². The third kappa shape index (κ3) is 5.05. The van der Waals surface area contributed by atoms with Gasteiger partial charge in [-0.3, -0.25) is 9.78 Å². The third-order valence-corrected chi connectivity index (χ3v) is 7.33. The molecule has 0 bridgehead atoms. The molecule has 9 nitrogen and oxygen atoms in total. The highest BCUT2D eigenvalue weighted by atomic mass is 16.1. The van der Waals surface area contributed by atoms with Gasteiger partial charge in [0.1, 0.15) is 0 Å². The number of pyridine rings is 1. The third-order valence-electron chi connectivity index (χ3n) is 7.33. The number of nitrogens with two attached hydrogens (primary N) is 1. The molecule has 0 spiro atoms. The highest BCUT2D eigenvalue weighted by Crippen LogP contribution is 2.30. The molecule has 0 fully saturated rings. The molecule has 0 unspecified atom stereocenters. The number of para-hydroxylation sites is 2. The molecule has 4 N–H and O–H groups in total. The van der Waals surface area contributed by atoms with Gasteiger partial charge in [-0.05, 0) is 49.6 Å². The number of aryl methyl sites for hydroxylation is 1. The van der Waals surface area contributed by atoms with Crippen molar-refractivity contribution < 1.29 is 0 Å². The first kappa shape index (κ1) is 25.4. The maximum atomic E-state index is 12.4. The Morgan fingerprint density at radius 1 is 0.950 bits per heavy atom. The maximum absolute atomic E-state index is 12.4. The van der Waals surface area contributed by atoms with Crippen molar-refractivity contribution in [1.82, 2.24) is 24.5 Å². The van der Waals surface area contributed by atoms with Crippen LogP contribution in [0.15, 0.2) is 83.9 Å². The Bertz CT molecular complexity index is 1790. The average Bonchev–Trinajstić information content (AvgIpc) is 3.38. The minimum absolute atomic E-state index is 0.0770. The summed E-state index contributed by atoms with van der Waals surface area (Å²) in [4.78, 5) is 30.4. The molecule has 3 heterocycles. The van der Waals surface area contributed by atoms with Crippen LogP contribution in [0.3, 0.4) is 0 Å². The number of aromatic amines is 1. The summed E-state index contributed by atoms with van der Waals surface area (Å²) >= 11 is 0. The number of fused-ring (bicyclic) bond motifs is 3. The first-order valence-electron chi connectivity index (χ1n) is 13.7. The van der Waals surface area contributed by atoms with Crippen LogP contribution in [0.2, 0.25) is 0 Å². The summed E-state index contributed by atoms with van der Waals surface area (Å²) in [5, 5.41) is 6.00. The Balaban J connectivity index is 1.07. The molecule has 6 rings (SSSR count). The molecule has 6 aromatic rings. The van der Waals surface area contributed by atoms with Crippen molar-refractivity contribution in [2.24, 2.45) is 0 Å². The lowest BCUT2D eigenvalue weighted by Gasteiger charge is -2.23. The van der Waals surface area contributed by atoms with E-state index < -0.39 is 0 Å². The van der Waals surface area contributed by atoms with Crippen molar-refractivity contribution in [3.8, 4) is 0 Å². The number of anilines is 3. The Morgan fingerprint density at radius 3 is 2.35 bits per heavy atom. The monoisotopic (exact) mass is 532 g/mol. The van der Waals surface area contributed by atoms with Gasteiger partial charge in [0.2, 0.25) is 5.95 Å². The predicted octanol–water partition coefficient (Wildman–Crippen LogP) is 4.97. The van der Waals surface area contributed by atoms with Crippen molar-refractivity contribution in [2.45, 2.75) is 26.3 Å². The molecule has 0 radical (unpaired) electrons. The fourth-order valence-corrected chi connectivity index (χ4v) is 5.28. The summed E-state index contributed by atoms with van der Waals surface area (Å²) in [6, 6.07) is 25.4. The predicted molar refractivity (Wildman–Crippen MR) is 163 cm³/mol. The number of imidazole rings is 1. The molecule has 40 heavy (non-hydrogen) atoms. The quantitative estimate of drug-likeness (QED) is 0.168. The Labute approximate surface area is 231 Å². The number of H-pyrrole nitrogens is 1. The molecule has 0 saturated heterocycles. The van der Waals surface area contributed by atoms with Gasteiger partial charge in [0.05, 0.1) is 23.0 Å². The number of hydrogen-bond acceptors (Lipinski definition) is 7. The van der Waals surface area contributed by atoms with Crippen molar-refractivity contribution in [2.75, 3.05) is 35.6 Å². The summed E-state index contributed by atoms with van der Waals surface area (Å²) < 4.78 is 1.83. The maximum Gasteiger partial charge on any atom is 0.278 e. The SMILES string of the molecule is CCN(CCn1cnc2nc(N)[nH]c(=O)c21)c1ccc(CCCNc2c3ccccc3nc3ccccc23)cc1. The van der Waals surface area contributed by atoms with Crippen LogP contribution in [-0.4, -0.2) is 44.1 Å². The molecule has 0 aliphatic rings. The van der Waals surface area contributed by atoms with Crippen LogP contribution < -0.4 is 21.5 Å².